The molecule has 0 aliphatic carbocycles. The van der Waals surface area contributed by atoms with Crippen molar-refractivity contribution in [3.05, 3.63) is 23.8 Å². The molecular weight excluding hydrogens is 220 g/mol. The van der Waals surface area contributed by atoms with Crippen molar-refractivity contribution in [2.75, 3.05) is 20.3 Å². The van der Waals surface area contributed by atoms with Gasteiger partial charge in [0.2, 0.25) is 0 Å². The van der Waals surface area contributed by atoms with Crippen LogP contribution in [0.3, 0.4) is 0 Å². The molecule has 1 heterocycles. The van der Waals surface area contributed by atoms with Crippen LogP contribution in [0.1, 0.15) is 23.7 Å². The molecule has 0 amide bonds. The summed E-state index contributed by atoms with van der Waals surface area (Å²) in [5, 5.41) is 0. The highest BCUT2D eigenvalue weighted by Crippen LogP contribution is 2.30. The van der Waals surface area contributed by atoms with E-state index in [-0.39, 0.29) is 11.9 Å². The van der Waals surface area contributed by atoms with Crippen molar-refractivity contribution in [3.63, 3.8) is 0 Å². The lowest BCUT2D eigenvalue weighted by molar-refractivity contribution is 0.0998. The molecule has 0 radical (unpaired) electrons. The van der Waals surface area contributed by atoms with Gasteiger partial charge in [-0.3, -0.25) is 4.79 Å². The fraction of sp³-hybridized carbons (Fsp3) is 0.462. The van der Waals surface area contributed by atoms with Gasteiger partial charge in [0, 0.05) is 6.42 Å². The minimum atomic E-state index is -0.0589. The molecule has 92 valence electrons. The van der Waals surface area contributed by atoms with Gasteiger partial charge in [0.05, 0.1) is 20.3 Å². The van der Waals surface area contributed by atoms with E-state index in [2.05, 4.69) is 0 Å². The smallest absolute Gasteiger partial charge is 0.167 e. The van der Waals surface area contributed by atoms with Crippen molar-refractivity contribution in [1.29, 1.82) is 0 Å². The number of benzene rings is 1. The lowest BCUT2D eigenvalue weighted by Crippen LogP contribution is -2.17. The summed E-state index contributed by atoms with van der Waals surface area (Å²) in [5.41, 5.74) is 0.502. The second kappa shape index (κ2) is 5.19. The maximum Gasteiger partial charge on any atom is 0.167 e. The van der Waals surface area contributed by atoms with E-state index >= 15 is 0 Å². The molecule has 17 heavy (non-hydrogen) atoms. The molecule has 1 aromatic rings. The summed E-state index contributed by atoms with van der Waals surface area (Å²) >= 11 is 0. The normalized spacial score (nSPS) is 19.1. The van der Waals surface area contributed by atoms with Crippen LogP contribution in [0.4, 0.5) is 0 Å². The number of ether oxygens (including phenoxy) is 3. The number of rotatable bonds is 4. The highest BCUT2D eigenvalue weighted by molar-refractivity contribution is 5.99. The van der Waals surface area contributed by atoms with Crippen LogP contribution in [-0.2, 0) is 4.74 Å². The topological polar surface area (TPSA) is 44.8 Å². The number of carbonyl (C=O) groups is 1. The molecule has 0 spiro atoms. The summed E-state index contributed by atoms with van der Waals surface area (Å²) in [6, 6.07) is 5.36. The van der Waals surface area contributed by atoms with E-state index in [4.69, 9.17) is 14.2 Å². The van der Waals surface area contributed by atoms with Gasteiger partial charge in [-0.1, -0.05) is 6.07 Å². The Balaban J connectivity index is 2.28. The Hall–Kier alpha value is -1.55. The fourth-order valence-electron chi connectivity index (χ4n) is 1.91. The predicted octanol–water partition coefficient (Wildman–Crippen LogP) is 2.07. The molecule has 1 saturated heterocycles. The first-order valence-electron chi connectivity index (χ1n) is 5.64. The number of carbonyl (C=O) groups excluding carboxylic acids is 1. The van der Waals surface area contributed by atoms with E-state index < -0.39 is 0 Å². The lowest BCUT2D eigenvalue weighted by atomic mass is 10.1. The molecule has 0 N–H and O–H groups in total. The van der Waals surface area contributed by atoms with Gasteiger partial charge in [0.15, 0.2) is 5.78 Å². The largest absolute Gasteiger partial charge is 0.496 e. The van der Waals surface area contributed by atoms with Gasteiger partial charge in [-0.15, -0.1) is 0 Å². The zero-order chi connectivity index (χ0) is 12.3. The Kier molecular flexibility index (Phi) is 3.64. The Morgan fingerprint density at radius 2 is 2.18 bits per heavy atom. The van der Waals surface area contributed by atoms with Crippen molar-refractivity contribution in [3.8, 4) is 11.5 Å². The van der Waals surface area contributed by atoms with Crippen molar-refractivity contribution >= 4 is 5.78 Å². The Bertz CT molecular complexity index is 408. The van der Waals surface area contributed by atoms with Crippen molar-refractivity contribution in [2.24, 2.45) is 0 Å². The summed E-state index contributed by atoms with van der Waals surface area (Å²) in [6.45, 7) is 2.80. The monoisotopic (exact) mass is 236 g/mol. The highest BCUT2D eigenvalue weighted by atomic mass is 16.5. The zero-order valence-corrected chi connectivity index (χ0v) is 10.1. The third-order valence-corrected chi connectivity index (χ3v) is 2.74. The van der Waals surface area contributed by atoms with Gasteiger partial charge >= 0.3 is 0 Å². The third kappa shape index (κ3) is 2.58. The van der Waals surface area contributed by atoms with Gasteiger partial charge in [-0.25, -0.2) is 0 Å². The molecule has 0 bridgehead atoms. The number of Topliss-reactive ketones (excluding diaryl/α,β-unsaturated/α-hetero) is 1. The summed E-state index contributed by atoms with van der Waals surface area (Å²) in [4.78, 5) is 11.6. The third-order valence-electron chi connectivity index (χ3n) is 2.74. The van der Waals surface area contributed by atoms with Crippen LogP contribution in [0.15, 0.2) is 18.2 Å². The summed E-state index contributed by atoms with van der Waals surface area (Å²) in [7, 11) is 1.55. The molecule has 2 rings (SSSR count). The molecule has 1 aromatic carbocycles. The van der Waals surface area contributed by atoms with E-state index in [1.807, 2.05) is 6.07 Å². The Morgan fingerprint density at radius 1 is 1.41 bits per heavy atom. The van der Waals surface area contributed by atoms with Crippen molar-refractivity contribution in [1.82, 2.24) is 0 Å². The maximum absolute atomic E-state index is 11.6. The molecular formula is C13H16O4. The Labute approximate surface area is 100 Å². The summed E-state index contributed by atoms with van der Waals surface area (Å²) in [6.07, 6.45) is 0.884. The van der Waals surface area contributed by atoms with Crippen molar-refractivity contribution in [2.45, 2.75) is 19.4 Å². The fourth-order valence-corrected chi connectivity index (χ4v) is 1.91. The Morgan fingerprint density at radius 3 is 2.76 bits per heavy atom. The van der Waals surface area contributed by atoms with E-state index in [0.717, 1.165) is 6.42 Å². The quantitative estimate of drug-likeness (QED) is 0.751. The van der Waals surface area contributed by atoms with Crippen LogP contribution >= 0.6 is 0 Å². The number of methoxy groups -OCH3 is 1. The van der Waals surface area contributed by atoms with Crippen LogP contribution in [0.2, 0.25) is 0 Å². The molecule has 4 nitrogen and oxygen atoms in total. The van der Waals surface area contributed by atoms with E-state index in [1.54, 1.807) is 19.2 Å². The van der Waals surface area contributed by atoms with Crippen molar-refractivity contribution < 1.29 is 19.0 Å². The molecule has 0 aromatic heterocycles. The summed E-state index contributed by atoms with van der Waals surface area (Å²) < 4.78 is 16.2. The lowest BCUT2D eigenvalue weighted by Gasteiger charge is -2.16. The molecule has 1 aliphatic rings. The second-order valence-corrected chi connectivity index (χ2v) is 3.99. The average Bonchev–Trinajstić information content (AvgIpc) is 2.81. The molecule has 1 atom stereocenters. The van der Waals surface area contributed by atoms with E-state index in [0.29, 0.717) is 30.3 Å². The molecule has 1 fully saturated rings. The zero-order valence-electron chi connectivity index (χ0n) is 10.1. The standard InChI is InChI=1S/C13H16O4/c1-9(14)13-11(15-2)4-3-5-12(13)17-10-6-7-16-8-10/h3-5,10H,6-8H2,1-2H3. The predicted molar refractivity (Wildman–Crippen MR) is 62.9 cm³/mol. The minimum Gasteiger partial charge on any atom is -0.496 e. The average molecular weight is 236 g/mol. The maximum atomic E-state index is 11.6. The molecule has 1 aliphatic heterocycles. The molecule has 1 unspecified atom stereocenters. The molecule has 4 heteroatoms. The first-order chi connectivity index (χ1) is 8.22. The van der Waals surface area contributed by atoms with Gasteiger partial charge < -0.3 is 14.2 Å². The van der Waals surface area contributed by atoms with Gasteiger partial charge in [0.1, 0.15) is 23.2 Å². The van der Waals surface area contributed by atoms with Crippen LogP contribution in [0.5, 0.6) is 11.5 Å². The SMILES string of the molecule is COc1cccc(OC2CCOC2)c1C(C)=O. The van der Waals surface area contributed by atoms with E-state index in [9.17, 15) is 4.79 Å². The van der Waals surface area contributed by atoms with Crippen LogP contribution < -0.4 is 9.47 Å². The van der Waals surface area contributed by atoms with Gasteiger partial charge in [-0.2, -0.15) is 0 Å². The minimum absolute atomic E-state index is 0.0280. The van der Waals surface area contributed by atoms with Gasteiger partial charge in [-0.05, 0) is 19.1 Å². The first-order valence-corrected chi connectivity index (χ1v) is 5.64. The number of ketones is 1. The number of hydrogen-bond acceptors (Lipinski definition) is 4. The van der Waals surface area contributed by atoms with Gasteiger partial charge in [0.25, 0.3) is 0 Å². The van der Waals surface area contributed by atoms with Crippen LogP contribution in [-0.4, -0.2) is 32.2 Å². The first kappa shape index (κ1) is 11.9. The highest BCUT2D eigenvalue weighted by Gasteiger charge is 2.21. The van der Waals surface area contributed by atoms with Crippen LogP contribution in [0, 0.1) is 0 Å². The number of hydrogen-bond donors (Lipinski definition) is 0. The second-order valence-electron chi connectivity index (χ2n) is 3.99. The van der Waals surface area contributed by atoms with Crippen LogP contribution in [0.25, 0.3) is 0 Å². The summed E-state index contributed by atoms with van der Waals surface area (Å²) in [5.74, 6) is 1.07. The van der Waals surface area contributed by atoms with E-state index in [1.165, 1.54) is 6.92 Å². The molecule has 0 saturated carbocycles.